The van der Waals surface area contributed by atoms with E-state index in [-0.39, 0.29) is 5.91 Å². The van der Waals surface area contributed by atoms with Gasteiger partial charge in [0.2, 0.25) is 0 Å². The molecule has 142 valence electrons. The van der Waals surface area contributed by atoms with Crippen molar-refractivity contribution in [1.82, 2.24) is 5.43 Å². The molecule has 0 bridgehead atoms. The van der Waals surface area contributed by atoms with Gasteiger partial charge in [0.15, 0.2) is 0 Å². The summed E-state index contributed by atoms with van der Waals surface area (Å²) in [4.78, 5) is 12.2. The highest BCUT2D eigenvalue weighted by molar-refractivity contribution is 5.94. The number of carbonyl (C=O) groups is 1. The second kappa shape index (κ2) is 9.92. The number of para-hydroxylation sites is 1. The van der Waals surface area contributed by atoms with Crippen LogP contribution in [-0.4, -0.2) is 18.7 Å². The molecule has 0 saturated carbocycles. The van der Waals surface area contributed by atoms with Crippen LogP contribution in [0.25, 0.3) is 0 Å². The number of nitrogens with one attached hydrogen (secondary N) is 2. The van der Waals surface area contributed by atoms with E-state index in [0.29, 0.717) is 18.7 Å². The number of hydrazone groups is 1. The maximum absolute atomic E-state index is 12.2. The molecule has 0 fully saturated rings. The highest BCUT2D eigenvalue weighted by atomic mass is 16.5. The molecule has 3 rings (SSSR count). The van der Waals surface area contributed by atoms with Crippen LogP contribution in [0.5, 0.6) is 5.75 Å². The molecular weight excluding hydrogens is 350 g/mol. The lowest BCUT2D eigenvalue weighted by Gasteiger charge is -2.07. The fourth-order valence-corrected chi connectivity index (χ4v) is 2.58. The van der Waals surface area contributed by atoms with E-state index < -0.39 is 0 Å². The van der Waals surface area contributed by atoms with Crippen molar-refractivity contribution in [3.63, 3.8) is 0 Å². The van der Waals surface area contributed by atoms with Gasteiger partial charge in [-0.05, 0) is 66.6 Å². The van der Waals surface area contributed by atoms with Crippen LogP contribution in [0.3, 0.4) is 0 Å². The normalized spacial score (nSPS) is 10.6. The number of carbonyl (C=O) groups excluding carboxylic acids is 1. The van der Waals surface area contributed by atoms with Crippen molar-refractivity contribution in [2.75, 3.05) is 11.9 Å². The standard InChI is InChI=1S/C23H23N3O2/c1-2-28-22-14-10-19(11-15-22)17-25-26-23(27)20-12-8-18(9-13-20)16-24-21-6-4-3-5-7-21/h3-15,17,24H,2,16H2,1H3,(H,26,27). The van der Waals surface area contributed by atoms with E-state index >= 15 is 0 Å². The summed E-state index contributed by atoms with van der Waals surface area (Å²) in [6.45, 7) is 3.27. The SMILES string of the molecule is CCOc1ccc(C=NNC(=O)c2ccc(CNc3ccccc3)cc2)cc1. The molecule has 0 aliphatic rings. The molecule has 28 heavy (non-hydrogen) atoms. The highest BCUT2D eigenvalue weighted by Gasteiger charge is 2.04. The molecule has 0 atom stereocenters. The summed E-state index contributed by atoms with van der Waals surface area (Å²) >= 11 is 0. The van der Waals surface area contributed by atoms with Gasteiger partial charge in [0.1, 0.15) is 5.75 Å². The first-order valence-electron chi connectivity index (χ1n) is 9.19. The van der Waals surface area contributed by atoms with Crippen molar-refractivity contribution in [1.29, 1.82) is 0 Å². The lowest BCUT2D eigenvalue weighted by molar-refractivity contribution is 0.0955. The number of hydrogen-bond acceptors (Lipinski definition) is 4. The zero-order chi connectivity index (χ0) is 19.6. The minimum atomic E-state index is -0.246. The van der Waals surface area contributed by atoms with Crippen LogP contribution in [-0.2, 0) is 6.54 Å². The number of nitrogens with zero attached hydrogens (tertiary/aromatic N) is 1. The summed E-state index contributed by atoms with van der Waals surface area (Å²) < 4.78 is 5.39. The summed E-state index contributed by atoms with van der Waals surface area (Å²) in [6.07, 6.45) is 1.60. The molecule has 3 aromatic rings. The third-order valence-electron chi connectivity index (χ3n) is 4.06. The minimum absolute atomic E-state index is 0.246. The van der Waals surface area contributed by atoms with Gasteiger partial charge in [-0.2, -0.15) is 5.10 Å². The number of anilines is 1. The van der Waals surface area contributed by atoms with E-state index in [0.717, 1.165) is 22.6 Å². The molecule has 5 nitrogen and oxygen atoms in total. The van der Waals surface area contributed by atoms with Crippen molar-refractivity contribution >= 4 is 17.8 Å². The summed E-state index contributed by atoms with van der Waals surface area (Å²) in [5.41, 5.74) is 6.15. The van der Waals surface area contributed by atoms with Crippen molar-refractivity contribution in [2.45, 2.75) is 13.5 Å². The van der Waals surface area contributed by atoms with Crippen molar-refractivity contribution in [3.8, 4) is 5.75 Å². The largest absolute Gasteiger partial charge is 0.494 e. The van der Waals surface area contributed by atoms with Crippen LogP contribution in [0.15, 0.2) is 84.0 Å². The monoisotopic (exact) mass is 373 g/mol. The van der Waals surface area contributed by atoms with Gasteiger partial charge < -0.3 is 10.1 Å². The van der Waals surface area contributed by atoms with Crippen LogP contribution in [0, 0.1) is 0 Å². The maximum atomic E-state index is 12.2. The number of hydrogen-bond donors (Lipinski definition) is 2. The Balaban J connectivity index is 1.50. The van der Waals surface area contributed by atoms with E-state index in [9.17, 15) is 4.79 Å². The summed E-state index contributed by atoms with van der Waals surface area (Å²) in [5.74, 6) is 0.565. The topological polar surface area (TPSA) is 62.7 Å². The van der Waals surface area contributed by atoms with Gasteiger partial charge in [-0.15, -0.1) is 0 Å². The van der Waals surface area contributed by atoms with Crippen LogP contribution in [0.4, 0.5) is 5.69 Å². The van der Waals surface area contributed by atoms with Crippen LogP contribution >= 0.6 is 0 Å². The molecule has 0 heterocycles. The molecular formula is C23H23N3O2. The Morgan fingerprint density at radius 3 is 2.36 bits per heavy atom. The van der Waals surface area contributed by atoms with Gasteiger partial charge in [0, 0.05) is 17.8 Å². The van der Waals surface area contributed by atoms with Crippen LogP contribution in [0.1, 0.15) is 28.4 Å². The van der Waals surface area contributed by atoms with Crippen LogP contribution in [0.2, 0.25) is 0 Å². The number of amides is 1. The Hall–Kier alpha value is -3.60. The summed E-state index contributed by atoms with van der Waals surface area (Å²) in [5, 5.41) is 7.36. The van der Waals surface area contributed by atoms with Gasteiger partial charge in [-0.3, -0.25) is 4.79 Å². The second-order valence-corrected chi connectivity index (χ2v) is 6.12. The molecule has 0 aliphatic heterocycles. The van der Waals surface area contributed by atoms with E-state index in [2.05, 4.69) is 15.8 Å². The van der Waals surface area contributed by atoms with Gasteiger partial charge in [0.25, 0.3) is 5.91 Å². The number of rotatable bonds is 8. The third kappa shape index (κ3) is 5.71. The Morgan fingerprint density at radius 1 is 0.964 bits per heavy atom. The predicted molar refractivity (Wildman–Crippen MR) is 113 cm³/mol. The van der Waals surface area contributed by atoms with Gasteiger partial charge in [0.05, 0.1) is 12.8 Å². The Morgan fingerprint density at radius 2 is 1.68 bits per heavy atom. The minimum Gasteiger partial charge on any atom is -0.494 e. The van der Waals surface area contributed by atoms with E-state index in [4.69, 9.17) is 4.74 Å². The second-order valence-electron chi connectivity index (χ2n) is 6.12. The van der Waals surface area contributed by atoms with Crippen molar-refractivity contribution < 1.29 is 9.53 Å². The molecule has 0 unspecified atom stereocenters. The molecule has 0 spiro atoms. The fraction of sp³-hybridized carbons (Fsp3) is 0.130. The molecule has 0 saturated heterocycles. The van der Waals surface area contributed by atoms with Crippen molar-refractivity contribution in [3.05, 3.63) is 95.6 Å². The zero-order valence-electron chi connectivity index (χ0n) is 15.8. The van der Waals surface area contributed by atoms with Gasteiger partial charge in [-0.25, -0.2) is 5.43 Å². The van der Waals surface area contributed by atoms with E-state index in [1.54, 1.807) is 18.3 Å². The summed E-state index contributed by atoms with van der Waals surface area (Å²) in [7, 11) is 0. The summed E-state index contributed by atoms with van der Waals surface area (Å²) in [6, 6.07) is 25.0. The molecule has 5 heteroatoms. The molecule has 3 aromatic carbocycles. The lowest BCUT2D eigenvalue weighted by Crippen LogP contribution is -2.17. The quantitative estimate of drug-likeness (QED) is 0.453. The number of ether oxygens (including phenoxy) is 1. The first-order valence-corrected chi connectivity index (χ1v) is 9.19. The third-order valence-corrected chi connectivity index (χ3v) is 4.06. The first kappa shape index (κ1) is 19.2. The Bertz CT molecular complexity index is 905. The Labute approximate surface area is 165 Å². The van der Waals surface area contributed by atoms with Gasteiger partial charge in [-0.1, -0.05) is 30.3 Å². The highest BCUT2D eigenvalue weighted by Crippen LogP contribution is 2.11. The van der Waals surface area contributed by atoms with E-state index in [1.165, 1.54) is 0 Å². The first-order chi connectivity index (χ1) is 13.7. The number of benzene rings is 3. The van der Waals surface area contributed by atoms with Crippen LogP contribution < -0.4 is 15.5 Å². The molecule has 0 aliphatic carbocycles. The molecule has 0 radical (unpaired) electrons. The Kier molecular flexibility index (Phi) is 6.79. The fourth-order valence-electron chi connectivity index (χ4n) is 2.58. The molecule has 1 amide bonds. The van der Waals surface area contributed by atoms with Crippen molar-refractivity contribution in [2.24, 2.45) is 5.10 Å². The van der Waals surface area contributed by atoms with E-state index in [1.807, 2.05) is 73.7 Å². The molecule has 0 aromatic heterocycles. The average Bonchev–Trinajstić information content (AvgIpc) is 2.75. The average molecular weight is 373 g/mol. The smallest absolute Gasteiger partial charge is 0.271 e. The lowest BCUT2D eigenvalue weighted by atomic mass is 10.1. The van der Waals surface area contributed by atoms with Gasteiger partial charge >= 0.3 is 0 Å². The maximum Gasteiger partial charge on any atom is 0.271 e. The molecule has 2 N–H and O–H groups in total. The zero-order valence-corrected chi connectivity index (χ0v) is 15.8. The predicted octanol–water partition coefficient (Wildman–Crippen LogP) is 4.46.